The Morgan fingerprint density at radius 2 is 2.00 bits per heavy atom. The molecule has 1 aliphatic heterocycles. The second kappa shape index (κ2) is 4.35. The molecular weight excluding hydrogens is 256 g/mol. The van der Waals surface area contributed by atoms with E-state index in [1.54, 1.807) is 11.3 Å². The molecule has 0 aliphatic carbocycles. The van der Waals surface area contributed by atoms with Gasteiger partial charge in [-0.1, -0.05) is 12.1 Å². The van der Waals surface area contributed by atoms with Crippen LogP contribution in [-0.4, -0.2) is 28.3 Å². The molecule has 96 valence electrons. The van der Waals surface area contributed by atoms with Gasteiger partial charge in [0.25, 0.3) is 0 Å². The lowest BCUT2D eigenvalue weighted by Crippen LogP contribution is -2.18. The van der Waals surface area contributed by atoms with Gasteiger partial charge in [0.05, 0.1) is 22.0 Å². The maximum atomic E-state index is 4.72. The third-order valence-corrected chi connectivity index (χ3v) is 4.64. The first-order valence-corrected chi connectivity index (χ1v) is 7.38. The van der Waals surface area contributed by atoms with E-state index < -0.39 is 0 Å². The molecule has 5 heteroatoms. The highest BCUT2D eigenvalue weighted by molar-refractivity contribution is 7.21. The summed E-state index contributed by atoms with van der Waals surface area (Å²) in [6.45, 7) is 2.22. The van der Waals surface area contributed by atoms with Crippen LogP contribution in [0.3, 0.4) is 0 Å². The average molecular weight is 270 g/mol. The van der Waals surface area contributed by atoms with Gasteiger partial charge in [0.1, 0.15) is 10.8 Å². The molecule has 3 heterocycles. The van der Waals surface area contributed by atoms with Gasteiger partial charge in [-0.2, -0.15) is 5.10 Å². The first-order chi connectivity index (χ1) is 9.42. The number of nitrogens with one attached hydrogen (secondary N) is 1. The van der Waals surface area contributed by atoms with Gasteiger partial charge in [0, 0.05) is 13.1 Å². The number of hydrogen-bond donors (Lipinski definition) is 1. The molecule has 0 bridgehead atoms. The van der Waals surface area contributed by atoms with Crippen molar-refractivity contribution in [3.05, 3.63) is 30.5 Å². The smallest absolute Gasteiger partial charge is 0.134 e. The van der Waals surface area contributed by atoms with E-state index in [1.807, 2.05) is 12.3 Å². The number of benzene rings is 1. The second-order valence-corrected chi connectivity index (χ2v) is 5.84. The number of aromatic nitrogens is 3. The summed E-state index contributed by atoms with van der Waals surface area (Å²) in [6, 6.07) is 8.26. The average Bonchev–Trinajstić information content (AvgIpc) is 3.17. The van der Waals surface area contributed by atoms with E-state index in [9.17, 15) is 0 Å². The molecule has 19 heavy (non-hydrogen) atoms. The minimum atomic E-state index is 1.05. The van der Waals surface area contributed by atoms with Crippen LogP contribution < -0.4 is 4.90 Å². The molecule has 4 rings (SSSR count). The molecule has 1 aromatic carbocycles. The van der Waals surface area contributed by atoms with E-state index in [4.69, 9.17) is 4.98 Å². The fraction of sp³-hybridized carbons (Fsp3) is 0.286. The lowest BCUT2D eigenvalue weighted by Gasteiger charge is -2.15. The van der Waals surface area contributed by atoms with Gasteiger partial charge >= 0.3 is 0 Å². The van der Waals surface area contributed by atoms with Gasteiger partial charge in [0.15, 0.2) is 0 Å². The molecule has 0 spiro atoms. The number of anilines is 1. The van der Waals surface area contributed by atoms with Gasteiger partial charge in [-0.25, -0.2) is 4.98 Å². The molecule has 3 aromatic rings. The van der Waals surface area contributed by atoms with Crippen molar-refractivity contribution in [2.75, 3.05) is 18.0 Å². The maximum absolute atomic E-state index is 4.72. The first-order valence-electron chi connectivity index (χ1n) is 6.56. The first kappa shape index (κ1) is 11.0. The van der Waals surface area contributed by atoms with Crippen LogP contribution in [0.15, 0.2) is 30.5 Å². The zero-order valence-electron chi connectivity index (χ0n) is 10.5. The van der Waals surface area contributed by atoms with Crippen LogP contribution in [0.4, 0.5) is 5.82 Å². The molecular formula is C14H14N4S. The Hall–Kier alpha value is -1.88. The quantitative estimate of drug-likeness (QED) is 0.777. The molecule has 1 aliphatic rings. The standard InChI is InChI=1S/C14H14N4S/c1-2-6-12-11(5-1)16-14(19-12)10-9-15-17-13(10)18-7-3-4-8-18/h1-2,5-6,9H,3-4,7-8H2,(H,15,17). The largest absolute Gasteiger partial charge is 0.356 e. The van der Waals surface area contributed by atoms with E-state index in [0.717, 1.165) is 35.0 Å². The third-order valence-electron chi connectivity index (χ3n) is 3.57. The second-order valence-electron chi connectivity index (χ2n) is 4.81. The number of nitrogens with zero attached hydrogens (tertiary/aromatic N) is 3. The number of thiazole rings is 1. The Balaban J connectivity index is 1.81. The Morgan fingerprint density at radius 1 is 1.16 bits per heavy atom. The maximum Gasteiger partial charge on any atom is 0.134 e. The fourth-order valence-electron chi connectivity index (χ4n) is 2.61. The van der Waals surface area contributed by atoms with Crippen LogP contribution in [0.25, 0.3) is 20.8 Å². The number of fused-ring (bicyclic) bond motifs is 1. The van der Waals surface area contributed by atoms with Crippen molar-refractivity contribution in [2.45, 2.75) is 12.8 Å². The van der Waals surface area contributed by atoms with Gasteiger partial charge in [-0.15, -0.1) is 11.3 Å². The van der Waals surface area contributed by atoms with Crippen molar-refractivity contribution >= 4 is 27.4 Å². The van der Waals surface area contributed by atoms with E-state index in [0.29, 0.717) is 0 Å². The highest BCUT2D eigenvalue weighted by Gasteiger charge is 2.20. The Kier molecular flexibility index (Phi) is 2.51. The molecule has 0 radical (unpaired) electrons. The minimum absolute atomic E-state index is 1.05. The molecule has 1 fully saturated rings. The normalized spacial score (nSPS) is 15.5. The summed E-state index contributed by atoms with van der Waals surface area (Å²) < 4.78 is 1.23. The zero-order chi connectivity index (χ0) is 12.7. The summed E-state index contributed by atoms with van der Waals surface area (Å²) in [5.41, 5.74) is 2.19. The van der Waals surface area contributed by atoms with Gasteiger partial charge < -0.3 is 4.90 Å². The van der Waals surface area contributed by atoms with Crippen LogP contribution in [0, 0.1) is 0 Å². The van der Waals surface area contributed by atoms with E-state index >= 15 is 0 Å². The molecule has 0 saturated carbocycles. The molecule has 0 atom stereocenters. The SMILES string of the molecule is c1ccc2sc(-c3cn[nH]c3N3CCCC3)nc2c1. The van der Waals surface area contributed by atoms with Crippen LogP contribution in [0.1, 0.15) is 12.8 Å². The number of rotatable bonds is 2. The van der Waals surface area contributed by atoms with Crippen LogP contribution in [0.2, 0.25) is 0 Å². The van der Waals surface area contributed by atoms with Gasteiger partial charge in [0.2, 0.25) is 0 Å². The molecule has 1 saturated heterocycles. The molecule has 2 aromatic heterocycles. The number of para-hydroxylation sites is 1. The van der Waals surface area contributed by atoms with Crippen molar-refractivity contribution in [3.63, 3.8) is 0 Å². The highest BCUT2D eigenvalue weighted by Crippen LogP contribution is 2.35. The zero-order valence-corrected chi connectivity index (χ0v) is 11.3. The van der Waals surface area contributed by atoms with Crippen molar-refractivity contribution < 1.29 is 0 Å². The van der Waals surface area contributed by atoms with Crippen molar-refractivity contribution in [1.29, 1.82) is 0 Å². The monoisotopic (exact) mass is 270 g/mol. The lowest BCUT2D eigenvalue weighted by atomic mass is 10.3. The number of hydrogen-bond acceptors (Lipinski definition) is 4. The predicted octanol–water partition coefficient (Wildman–Crippen LogP) is 3.29. The number of aromatic amines is 1. The van der Waals surface area contributed by atoms with Crippen LogP contribution in [-0.2, 0) is 0 Å². The molecule has 0 unspecified atom stereocenters. The Bertz CT molecular complexity index is 676. The lowest BCUT2D eigenvalue weighted by molar-refractivity contribution is 0.921. The summed E-state index contributed by atoms with van der Waals surface area (Å²) in [5.74, 6) is 1.12. The Morgan fingerprint density at radius 3 is 2.84 bits per heavy atom. The third kappa shape index (κ3) is 1.81. The van der Waals surface area contributed by atoms with Crippen molar-refractivity contribution in [3.8, 4) is 10.6 Å². The molecule has 0 amide bonds. The summed E-state index contributed by atoms with van der Waals surface area (Å²) in [4.78, 5) is 7.09. The summed E-state index contributed by atoms with van der Waals surface area (Å²) in [5, 5.41) is 8.40. The van der Waals surface area contributed by atoms with E-state index in [1.165, 1.54) is 17.5 Å². The van der Waals surface area contributed by atoms with Crippen LogP contribution in [0.5, 0.6) is 0 Å². The molecule has 1 N–H and O–H groups in total. The summed E-state index contributed by atoms with van der Waals surface area (Å²) in [7, 11) is 0. The minimum Gasteiger partial charge on any atom is -0.356 e. The van der Waals surface area contributed by atoms with Gasteiger partial charge in [-0.3, -0.25) is 5.10 Å². The van der Waals surface area contributed by atoms with Crippen molar-refractivity contribution in [2.24, 2.45) is 0 Å². The van der Waals surface area contributed by atoms with Crippen molar-refractivity contribution in [1.82, 2.24) is 15.2 Å². The van der Waals surface area contributed by atoms with E-state index in [2.05, 4.69) is 33.3 Å². The molecule has 4 nitrogen and oxygen atoms in total. The number of H-pyrrole nitrogens is 1. The predicted molar refractivity (Wildman–Crippen MR) is 78.6 cm³/mol. The van der Waals surface area contributed by atoms with Crippen LogP contribution >= 0.6 is 11.3 Å². The Labute approximate surface area is 115 Å². The summed E-state index contributed by atoms with van der Waals surface area (Å²) >= 11 is 1.73. The topological polar surface area (TPSA) is 44.8 Å². The fourth-order valence-corrected chi connectivity index (χ4v) is 3.58. The highest BCUT2D eigenvalue weighted by atomic mass is 32.1. The van der Waals surface area contributed by atoms with Gasteiger partial charge in [-0.05, 0) is 25.0 Å². The summed E-state index contributed by atoms with van der Waals surface area (Å²) in [6.07, 6.45) is 4.42. The van der Waals surface area contributed by atoms with E-state index in [-0.39, 0.29) is 0 Å².